The minimum absolute atomic E-state index is 0.0395. The van der Waals surface area contributed by atoms with E-state index in [1.807, 2.05) is 31.2 Å². The molecule has 0 atom stereocenters. The lowest BCUT2D eigenvalue weighted by Crippen LogP contribution is -2.29. The number of nitrogens with one attached hydrogen (secondary N) is 1. The van der Waals surface area contributed by atoms with Crippen LogP contribution in [-0.4, -0.2) is 33.3 Å². The second kappa shape index (κ2) is 8.29. The fraction of sp³-hybridized carbons (Fsp3) is 0.438. The SMILES string of the molecule is Cc1ccccc1NC(=O)CCCCCN1C(=O)CSC1=S. The zero-order valence-electron chi connectivity index (χ0n) is 12.6. The van der Waals surface area contributed by atoms with Gasteiger partial charge in [-0.3, -0.25) is 14.5 Å². The molecule has 2 amide bonds. The maximum Gasteiger partial charge on any atom is 0.238 e. The van der Waals surface area contributed by atoms with E-state index in [0.717, 1.165) is 30.5 Å². The molecular formula is C16H20N2O2S2. The van der Waals surface area contributed by atoms with E-state index in [-0.39, 0.29) is 11.8 Å². The molecule has 1 aromatic rings. The Labute approximate surface area is 140 Å². The molecule has 1 aliphatic rings. The van der Waals surface area contributed by atoms with Crippen molar-refractivity contribution in [1.29, 1.82) is 0 Å². The molecule has 0 spiro atoms. The van der Waals surface area contributed by atoms with Crippen molar-refractivity contribution in [2.24, 2.45) is 0 Å². The van der Waals surface area contributed by atoms with Gasteiger partial charge < -0.3 is 5.32 Å². The number of unbranched alkanes of at least 4 members (excludes halogenated alkanes) is 2. The number of hydrogen-bond donors (Lipinski definition) is 1. The molecule has 1 heterocycles. The van der Waals surface area contributed by atoms with Crippen LogP contribution in [0, 0.1) is 6.92 Å². The third kappa shape index (κ3) is 4.81. The lowest BCUT2D eigenvalue weighted by atomic mass is 10.1. The first-order chi connectivity index (χ1) is 10.6. The summed E-state index contributed by atoms with van der Waals surface area (Å²) in [6.07, 6.45) is 3.11. The van der Waals surface area contributed by atoms with E-state index < -0.39 is 0 Å². The Bertz CT molecular complexity index is 559. The van der Waals surface area contributed by atoms with Gasteiger partial charge in [0.15, 0.2) is 0 Å². The Morgan fingerprint density at radius 1 is 1.32 bits per heavy atom. The number of nitrogens with zero attached hydrogens (tertiary/aromatic N) is 1. The van der Waals surface area contributed by atoms with Crippen LogP contribution in [-0.2, 0) is 9.59 Å². The number of thioether (sulfide) groups is 1. The third-order valence-corrected chi connectivity index (χ3v) is 4.98. The standard InChI is InChI=1S/C16H20N2O2S2/c1-12-7-4-5-8-13(12)17-14(19)9-3-2-6-10-18-15(20)11-22-16(18)21/h4-5,7-8H,2-3,6,9-11H2,1H3,(H,17,19). The largest absolute Gasteiger partial charge is 0.326 e. The highest BCUT2D eigenvalue weighted by atomic mass is 32.2. The molecule has 2 rings (SSSR count). The number of anilines is 1. The second-order valence-electron chi connectivity index (χ2n) is 5.27. The number of carbonyl (C=O) groups excluding carboxylic acids is 2. The predicted octanol–water partition coefficient (Wildman–Crippen LogP) is 3.35. The zero-order chi connectivity index (χ0) is 15.9. The third-order valence-electron chi connectivity index (χ3n) is 3.55. The number of aryl methyl sites for hydroxylation is 1. The molecule has 1 fully saturated rings. The minimum Gasteiger partial charge on any atom is -0.326 e. The fourth-order valence-corrected chi connectivity index (χ4v) is 3.38. The Balaban J connectivity index is 1.62. The van der Waals surface area contributed by atoms with Gasteiger partial charge in [0.25, 0.3) is 0 Å². The van der Waals surface area contributed by atoms with Gasteiger partial charge in [-0.15, -0.1) is 0 Å². The Morgan fingerprint density at radius 2 is 2.09 bits per heavy atom. The van der Waals surface area contributed by atoms with E-state index in [2.05, 4.69) is 5.32 Å². The molecule has 6 heteroatoms. The van der Waals surface area contributed by atoms with Crippen LogP contribution < -0.4 is 5.32 Å². The van der Waals surface area contributed by atoms with Crippen LogP contribution in [0.15, 0.2) is 24.3 Å². The van der Waals surface area contributed by atoms with E-state index in [1.165, 1.54) is 11.8 Å². The molecule has 0 unspecified atom stereocenters. The molecule has 1 N–H and O–H groups in total. The van der Waals surface area contributed by atoms with Crippen LogP contribution in [0.4, 0.5) is 5.69 Å². The Hall–Kier alpha value is -1.40. The van der Waals surface area contributed by atoms with Crippen molar-refractivity contribution in [3.8, 4) is 0 Å². The molecule has 1 aliphatic heterocycles. The quantitative estimate of drug-likeness (QED) is 0.613. The van der Waals surface area contributed by atoms with Crippen LogP contribution in [0.2, 0.25) is 0 Å². The van der Waals surface area contributed by atoms with Gasteiger partial charge in [-0.25, -0.2) is 0 Å². The normalized spacial score (nSPS) is 14.5. The summed E-state index contributed by atoms with van der Waals surface area (Å²) in [4.78, 5) is 25.1. The lowest BCUT2D eigenvalue weighted by molar-refractivity contribution is -0.124. The first-order valence-electron chi connectivity index (χ1n) is 7.40. The molecule has 118 valence electrons. The van der Waals surface area contributed by atoms with Gasteiger partial charge in [0.05, 0.1) is 5.75 Å². The number of hydrogen-bond acceptors (Lipinski definition) is 4. The first-order valence-corrected chi connectivity index (χ1v) is 8.80. The van der Waals surface area contributed by atoms with E-state index in [9.17, 15) is 9.59 Å². The molecule has 1 aromatic carbocycles. The summed E-state index contributed by atoms with van der Waals surface area (Å²) in [6.45, 7) is 2.65. The fourth-order valence-electron chi connectivity index (χ4n) is 2.26. The number of thiocarbonyl (C=S) groups is 1. The molecule has 22 heavy (non-hydrogen) atoms. The van der Waals surface area contributed by atoms with Crippen molar-refractivity contribution in [2.45, 2.75) is 32.6 Å². The summed E-state index contributed by atoms with van der Waals surface area (Å²) in [5, 5.41) is 2.93. The van der Waals surface area contributed by atoms with Crippen LogP contribution in [0.1, 0.15) is 31.2 Å². The van der Waals surface area contributed by atoms with Crippen LogP contribution in [0.25, 0.3) is 0 Å². The van der Waals surface area contributed by atoms with E-state index >= 15 is 0 Å². The van der Waals surface area contributed by atoms with E-state index in [1.54, 1.807) is 4.90 Å². The number of benzene rings is 1. The average molecular weight is 336 g/mol. The molecule has 4 nitrogen and oxygen atoms in total. The number of carbonyl (C=O) groups is 2. The molecule has 0 aliphatic carbocycles. The summed E-state index contributed by atoms with van der Waals surface area (Å²) < 4.78 is 0.683. The number of amides is 2. The first kappa shape index (κ1) is 17.0. The van der Waals surface area contributed by atoms with Gasteiger partial charge in [0.1, 0.15) is 4.32 Å². The molecule has 0 saturated carbocycles. The Morgan fingerprint density at radius 3 is 2.77 bits per heavy atom. The van der Waals surface area contributed by atoms with Gasteiger partial charge in [-0.05, 0) is 31.4 Å². The summed E-state index contributed by atoms with van der Waals surface area (Å²) in [7, 11) is 0. The Kier molecular flexibility index (Phi) is 6.39. The van der Waals surface area contributed by atoms with Crippen LogP contribution in [0.3, 0.4) is 0 Å². The van der Waals surface area contributed by atoms with Crippen molar-refractivity contribution in [3.05, 3.63) is 29.8 Å². The summed E-state index contributed by atoms with van der Waals surface area (Å²) >= 11 is 6.55. The molecule has 0 radical (unpaired) electrons. The van der Waals surface area contributed by atoms with Gasteiger partial charge in [0, 0.05) is 18.7 Å². The molecule has 0 aromatic heterocycles. The molecule has 0 bridgehead atoms. The van der Waals surface area contributed by atoms with Crippen molar-refractivity contribution in [3.63, 3.8) is 0 Å². The summed E-state index contributed by atoms with van der Waals surface area (Å²) in [5.41, 5.74) is 1.94. The summed E-state index contributed by atoms with van der Waals surface area (Å²) in [5.74, 6) is 0.613. The highest BCUT2D eigenvalue weighted by Crippen LogP contribution is 2.20. The van der Waals surface area contributed by atoms with Gasteiger partial charge >= 0.3 is 0 Å². The smallest absolute Gasteiger partial charge is 0.238 e. The monoisotopic (exact) mass is 336 g/mol. The van der Waals surface area contributed by atoms with Gasteiger partial charge in [0.2, 0.25) is 11.8 Å². The minimum atomic E-state index is 0.0395. The number of para-hydroxylation sites is 1. The van der Waals surface area contributed by atoms with Crippen molar-refractivity contribution >= 4 is 45.8 Å². The maximum absolute atomic E-state index is 11.9. The van der Waals surface area contributed by atoms with Crippen molar-refractivity contribution in [1.82, 2.24) is 4.90 Å². The highest BCUT2D eigenvalue weighted by Gasteiger charge is 2.25. The highest BCUT2D eigenvalue weighted by molar-refractivity contribution is 8.23. The van der Waals surface area contributed by atoms with Gasteiger partial charge in [-0.1, -0.05) is 48.6 Å². The van der Waals surface area contributed by atoms with Crippen LogP contribution in [0.5, 0.6) is 0 Å². The van der Waals surface area contributed by atoms with Crippen molar-refractivity contribution in [2.75, 3.05) is 17.6 Å². The average Bonchev–Trinajstić information content (AvgIpc) is 2.81. The lowest BCUT2D eigenvalue weighted by Gasteiger charge is -2.14. The molecule has 1 saturated heterocycles. The van der Waals surface area contributed by atoms with E-state index in [4.69, 9.17) is 12.2 Å². The van der Waals surface area contributed by atoms with Gasteiger partial charge in [-0.2, -0.15) is 0 Å². The zero-order valence-corrected chi connectivity index (χ0v) is 14.3. The predicted molar refractivity (Wildman–Crippen MR) is 95.0 cm³/mol. The van der Waals surface area contributed by atoms with E-state index in [0.29, 0.717) is 23.0 Å². The summed E-state index contributed by atoms with van der Waals surface area (Å²) in [6, 6.07) is 7.75. The second-order valence-corrected chi connectivity index (χ2v) is 6.88. The number of rotatable bonds is 7. The van der Waals surface area contributed by atoms with Crippen LogP contribution >= 0.6 is 24.0 Å². The molecular weight excluding hydrogens is 316 g/mol. The van der Waals surface area contributed by atoms with Crippen molar-refractivity contribution < 1.29 is 9.59 Å². The topological polar surface area (TPSA) is 49.4 Å². The maximum atomic E-state index is 11.9.